The second-order valence-corrected chi connectivity index (χ2v) is 10.7. The van der Waals surface area contributed by atoms with E-state index >= 15 is 0 Å². The molecule has 0 saturated carbocycles. The van der Waals surface area contributed by atoms with E-state index in [9.17, 15) is 4.79 Å². The number of hydrogen-bond donors (Lipinski definition) is 0. The van der Waals surface area contributed by atoms with Gasteiger partial charge in [0.15, 0.2) is 0 Å². The second-order valence-electron chi connectivity index (χ2n) is 8.56. The van der Waals surface area contributed by atoms with Gasteiger partial charge in [0.25, 0.3) is 0 Å². The molecule has 3 aromatic rings. The summed E-state index contributed by atoms with van der Waals surface area (Å²) in [5, 5.41) is 3.48. The fraction of sp³-hybridized carbons (Fsp3) is 0.300. The van der Waals surface area contributed by atoms with Crippen molar-refractivity contribution >= 4 is 29.8 Å². The second kappa shape index (κ2) is 13.1. The van der Waals surface area contributed by atoms with Crippen LogP contribution in [0.2, 0.25) is 0 Å². The van der Waals surface area contributed by atoms with Gasteiger partial charge in [0.05, 0.1) is 5.56 Å². The first-order valence-corrected chi connectivity index (χ1v) is 13.3. The molecule has 0 aliphatic rings. The third-order valence-corrected chi connectivity index (χ3v) is 8.12. The number of hydrogen-bond acceptors (Lipinski definition) is 2. The van der Waals surface area contributed by atoms with Gasteiger partial charge in [-0.25, -0.2) is 4.79 Å². The van der Waals surface area contributed by atoms with Crippen LogP contribution in [-0.4, -0.2) is 12.1 Å². The lowest BCUT2D eigenvalue weighted by atomic mass is 10.0. The van der Waals surface area contributed by atoms with Crippen molar-refractivity contribution in [3.63, 3.8) is 0 Å². The van der Waals surface area contributed by atoms with Gasteiger partial charge >= 0.3 is 5.97 Å². The maximum Gasteiger partial charge on any atom is 0.339 e. The van der Waals surface area contributed by atoms with E-state index in [1.54, 1.807) is 0 Å². The minimum Gasteiger partial charge on any atom is -0.458 e. The normalized spacial score (nSPS) is 11.8. The van der Waals surface area contributed by atoms with Gasteiger partial charge < -0.3 is 4.74 Å². The Morgan fingerprint density at radius 3 is 2.00 bits per heavy atom. The lowest BCUT2D eigenvalue weighted by Gasteiger charge is -2.23. The van der Waals surface area contributed by atoms with Gasteiger partial charge in [0.1, 0.15) is 6.10 Å². The van der Waals surface area contributed by atoms with Gasteiger partial charge in [-0.3, -0.25) is 0 Å². The standard InChI is InChI=1S/C30H35O2P/c1-4-5-6-9-16-25(23-24(2)3)32-30(31)28-21-14-15-22-29(28)33(26-17-10-7-11-18-26)27-19-12-8-13-20-27/h7-8,10-15,17-22,25H,2,4-6,9,16,23H2,1,3H3. The van der Waals surface area contributed by atoms with Crippen molar-refractivity contribution in [1.29, 1.82) is 0 Å². The highest BCUT2D eigenvalue weighted by Gasteiger charge is 2.24. The average Bonchev–Trinajstić information content (AvgIpc) is 2.83. The zero-order chi connectivity index (χ0) is 23.5. The third kappa shape index (κ3) is 7.41. The van der Waals surface area contributed by atoms with Crippen LogP contribution < -0.4 is 15.9 Å². The monoisotopic (exact) mass is 458 g/mol. The Balaban J connectivity index is 1.91. The highest BCUT2D eigenvalue weighted by Crippen LogP contribution is 2.34. The number of ether oxygens (including phenoxy) is 1. The Hall–Kier alpha value is -2.70. The molecule has 172 valence electrons. The minimum absolute atomic E-state index is 0.125. The number of esters is 1. The molecule has 0 aliphatic carbocycles. The third-order valence-electron chi connectivity index (χ3n) is 5.62. The largest absolute Gasteiger partial charge is 0.458 e. The average molecular weight is 459 g/mol. The maximum atomic E-state index is 13.5. The molecule has 0 fully saturated rings. The van der Waals surface area contributed by atoms with Gasteiger partial charge in [0, 0.05) is 6.42 Å². The van der Waals surface area contributed by atoms with E-state index in [0.717, 1.165) is 23.7 Å². The van der Waals surface area contributed by atoms with E-state index in [4.69, 9.17) is 4.74 Å². The molecule has 33 heavy (non-hydrogen) atoms. The molecule has 2 nitrogen and oxygen atoms in total. The maximum absolute atomic E-state index is 13.5. The zero-order valence-corrected chi connectivity index (χ0v) is 20.8. The van der Waals surface area contributed by atoms with Crippen molar-refractivity contribution < 1.29 is 9.53 Å². The van der Waals surface area contributed by atoms with Crippen LogP contribution in [0.15, 0.2) is 97.1 Å². The van der Waals surface area contributed by atoms with Gasteiger partial charge in [-0.15, -0.1) is 6.58 Å². The molecule has 3 aromatic carbocycles. The molecule has 0 aromatic heterocycles. The van der Waals surface area contributed by atoms with E-state index in [0.29, 0.717) is 12.0 Å². The van der Waals surface area contributed by atoms with Crippen molar-refractivity contribution in [2.24, 2.45) is 0 Å². The molecule has 3 rings (SSSR count). The smallest absolute Gasteiger partial charge is 0.339 e. The van der Waals surface area contributed by atoms with Crippen molar-refractivity contribution in [3.8, 4) is 0 Å². The van der Waals surface area contributed by atoms with Gasteiger partial charge in [-0.05, 0) is 49.7 Å². The van der Waals surface area contributed by atoms with Gasteiger partial charge in [-0.2, -0.15) is 0 Å². The molecular weight excluding hydrogens is 423 g/mol. The molecule has 0 aliphatic heterocycles. The number of carbonyl (C=O) groups excluding carboxylic acids is 1. The molecule has 0 bridgehead atoms. The number of unbranched alkanes of at least 4 members (excludes halogenated alkanes) is 3. The van der Waals surface area contributed by atoms with Crippen LogP contribution in [0.3, 0.4) is 0 Å². The Labute approximate surface area is 200 Å². The van der Waals surface area contributed by atoms with Crippen LogP contribution >= 0.6 is 7.92 Å². The Bertz CT molecular complexity index is 974. The first kappa shape index (κ1) is 24.9. The summed E-state index contributed by atoms with van der Waals surface area (Å²) in [7, 11) is -0.875. The van der Waals surface area contributed by atoms with E-state index in [2.05, 4.69) is 68.1 Å². The zero-order valence-electron chi connectivity index (χ0n) is 19.9. The quantitative estimate of drug-likeness (QED) is 0.128. The SMILES string of the molecule is C=C(C)CC(CCCCCC)OC(=O)c1ccccc1P(c1ccccc1)c1ccccc1. The van der Waals surface area contributed by atoms with Gasteiger partial charge in [-0.1, -0.05) is 111 Å². The topological polar surface area (TPSA) is 26.3 Å². The van der Waals surface area contributed by atoms with Crippen molar-refractivity contribution in [1.82, 2.24) is 0 Å². The fourth-order valence-corrected chi connectivity index (χ4v) is 6.46. The van der Waals surface area contributed by atoms with Crippen LogP contribution in [0.5, 0.6) is 0 Å². The first-order valence-electron chi connectivity index (χ1n) is 11.9. The van der Waals surface area contributed by atoms with Crippen LogP contribution in [0, 0.1) is 0 Å². The predicted molar refractivity (Wildman–Crippen MR) is 143 cm³/mol. The fourth-order valence-electron chi connectivity index (χ4n) is 4.03. The highest BCUT2D eigenvalue weighted by molar-refractivity contribution is 7.80. The molecule has 1 unspecified atom stereocenters. The molecule has 0 heterocycles. The van der Waals surface area contributed by atoms with Crippen LogP contribution in [0.4, 0.5) is 0 Å². The van der Waals surface area contributed by atoms with Crippen molar-refractivity contribution in [3.05, 3.63) is 103 Å². The summed E-state index contributed by atoms with van der Waals surface area (Å²) in [6.07, 6.45) is 6.13. The van der Waals surface area contributed by atoms with Crippen LogP contribution in [0.25, 0.3) is 0 Å². The summed E-state index contributed by atoms with van der Waals surface area (Å²) in [4.78, 5) is 13.5. The lowest BCUT2D eigenvalue weighted by molar-refractivity contribution is 0.0279. The Morgan fingerprint density at radius 1 is 0.848 bits per heavy atom. The molecule has 0 spiro atoms. The molecule has 3 heteroatoms. The summed E-state index contributed by atoms with van der Waals surface area (Å²) in [6, 6.07) is 28.9. The van der Waals surface area contributed by atoms with E-state index in [1.807, 2.05) is 37.3 Å². The lowest BCUT2D eigenvalue weighted by Crippen LogP contribution is -2.27. The molecule has 1 atom stereocenters. The van der Waals surface area contributed by atoms with Crippen LogP contribution in [0.1, 0.15) is 62.7 Å². The molecular formula is C30H35O2P. The van der Waals surface area contributed by atoms with E-state index in [1.165, 1.54) is 29.9 Å². The summed E-state index contributed by atoms with van der Waals surface area (Å²) in [5.41, 5.74) is 1.71. The summed E-state index contributed by atoms with van der Waals surface area (Å²) >= 11 is 0. The molecule has 0 saturated heterocycles. The van der Waals surface area contributed by atoms with E-state index < -0.39 is 7.92 Å². The number of benzene rings is 3. The summed E-state index contributed by atoms with van der Waals surface area (Å²) in [5.74, 6) is -0.230. The Kier molecular flexibility index (Phi) is 9.91. The number of rotatable bonds is 12. The Morgan fingerprint density at radius 2 is 1.42 bits per heavy atom. The van der Waals surface area contributed by atoms with Gasteiger partial charge in [0.2, 0.25) is 0 Å². The predicted octanol–water partition coefficient (Wildman–Crippen LogP) is 6.91. The van der Waals surface area contributed by atoms with E-state index in [-0.39, 0.29) is 12.1 Å². The summed E-state index contributed by atoms with van der Waals surface area (Å²) in [6.45, 7) is 8.27. The first-order chi connectivity index (χ1) is 16.1. The molecule has 0 N–H and O–H groups in total. The van der Waals surface area contributed by atoms with Crippen molar-refractivity contribution in [2.75, 3.05) is 0 Å². The van der Waals surface area contributed by atoms with Crippen molar-refractivity contribution in [2.45, 2.75) is 58.5 Å². The summed E-state index contributed by atoms with van der Waals surface area (Å²) < 4.78 is 6.10. The highest BCUT2D eigenvalue weighted by atomic mass is 31.1. The molecule has 0 radical (unpaired) electrons. The molecule has 0 amide bonds. The van der Waals surface area contributed by atoms with Crippen LogP contribution in [-0.2, 0) is 4.74 Å². The minimum atomic E-state index is -0.875. The number of carbonyl (C=O) groups is 1.